The van der Waals surface area contributed by atoms with Gasteiger partial charge in [0.1, 0.15) is 0 Å². The van der Waals surface area contributed by atoms with Gasteiger partial charge >= 0.3 is 0 Å². The summed E-state index contributed by atoms with van der Waals surface area (Å²) in [6.45, 7) is 8.93. The summed E-state index contributed by atoms with van der Waals surface area (Å²) < 4.78 is 2.38. The lowest BCUT2D eigenvalue weighted by Crippen LogP contribution is -2.40. The predicted octanol–water partition coefficient (Wildman–Crippen LogP) is 4.54. The van der Waals surface area contributed by atoms with Gasteiger partial charge in [0.2, 0.25) is 0 Å². The van der Waals surface area contributed by atoms with Gasteiger partial charge in [0.15, 0.2) is 4.34 Å². The fraction of sp³-hybridized carbons (Fsp3) is 0.533. The van der Waals surface area contributed by atoms with Gasteiger partial charge in [0.05, 0.1) is 10.2 Å². The van der Waals surface area contributed by atoms with Crippen LogP contribution < -0.4 is 5.73 Å². The number of hydrogen-bond acceptors (Lipinski definition) is 4. The lowest BCUT2D eigenvalue weighted by molar-refractivity contribution is 0.350. The van der Waals surface area contributed by atoms with Crippen molar-refractivity contribution in [2.45, 2.75) is 49.7 Å². The zero-order valence-electron chi connectivity index (χ0n) is 12.0. The molecule has 0 aliphatic heterocycles. The molecule has 0 aliphatic rings. The van der Waals surface area contributed by atoms with E-state index in [0.717, 1.165) is 16.3 Å². The Labute approximate surface area is 123 Å². The molecule has 2 rings (SSSR count). The molecule has 2 aromatic rings. The first-order chi connectivity index (χ1) is 8.91. The van der Waals surface area contributed by atoms with Crippen LogP contribution in [0.1, 0.15) is 34.1 Å². The molecule has 19 heavy (non-hydrogen) atoms. The van der Waals surface area contributed by atoms with E-state index in [2.05, 4.69) is 45.9 Å². The van der Waals surface area contributed by atoms with E-state index < -0.39 is 0 Å². The number of fused-ring (bicyclic) bond motifs is 1. The number of rotatable bonds is 4. The molecule has 0 amide bonds. The number of benzene rings is 1. The number of nitrogens with zero attached hydrogens (tertiary/aromatic N) is 1. The first-order valence-corrected chi connectivity index (χ1v) is 8.39. The average molecular weight is 294 g/mol. The monoisotopic (exact) mass is 294 g/mol. The summed E-state index contributed by atoms with van der Waals surface area (Å²) in [6, 6.07) is 8.51. The highest BCUT2D eigenvalue weighted by Gasteiger charge is 2.31. The topological polar surface area (TPSA) is 38.9 Å². The Morgan fingerprint density at radius 1 is 1.32 bits per heavy atom. The van der Waals surface area contributed by atoms with E-state index >= 15 is 0 Å². The highest BCUT2D eigenvalue weighted by Crippen LogP contribution is 2.40. The van der Waals surface area contributed by atoms with Gasteiger partial charge in [-0.25, -0.2) is 4.98 Å². The fourth-order valence-corrected chi connectivity index (χ4v) is 4.69. The van der Waals surface area contributed by atoms with Gasteiger partial charge in [-0.15, -0.1) is 11.3 Å². The predicted molar refractivity (Wildman–Crippen MR) is 87.0 cm³/mol. The molecular weight excluding hydrogens is 272 g/mol. The van der Waals surface area contributed by atoms with Crippen LogP contribution in [-0.2, 0) is 0 Å². The lowest BCUT2D eigenvalue weighted by atomic mass is 9.87. The van der Waals surface area contributed by atoms with Gasteiger partial charge in [-0.2, -0.15) is 0 Å². The molecule has 2 N–H and O–H groups in total. The molecule has 2 atom stereocenters. The minimum absolute atomic E-state index is 0.179. The van der Waals surface area contributed by atoms with E-state index in [-0.39, 0.29) is 11.5 Å². The molecule has 0 aliphatic carbocycles. The van der Waals surface area contributed by atoms with Gasteiger partial charge < -0.3 is 5.73 Å². The van der Waals surface area contributed by atoms with Gasteiger partial charge in [0, 0.05) is 11.3 Å². The van der Waals surface area contributed by atoms with Gasteiger partial charge in [0.25, 0.3) is 0 Å². The zero-order valence-corrected chi connectivity index (χ0v) is 13.6. The van der Waals surface area contributed by atoms with Crippen molar-refractivity contribution < 1.29 is 0 Å². The molecule has 1 aromatic heterocycles. The van der Waals surface area contributed by atoms with Crippen molar-refractivity contribution in [2.75, 3.05) is 0 Å². The summed E-state index contributed by atoms with van der Waals surface area (Å²) in [4.78, 5) is 4.71. The van der Waals surface area contributed by atoms with Crippen molar-refractivity contribution in [3.63, 3.8) is 0 Å². The van der Waals surface area contributed by atoms with Crippen LogP contribution in [0.4, 0.5) is 0 Å². The largest absolute Gasteiger partial charge is 0.327 e. The fourth-order valence-electron chi connectivity index (χ4n) is 2.13. The minimum Gasteiger partial charge on any atom is -0.327 e. The Kier molecular flexibility index (Phi) is 4.54. The third-order valence-corrected chi connectivity index (χ3v) is 6.19. The molecule has 0 saturated carbocycles. The minimum atomic E-state index is 0.179. The highest BCUT2D eigenvalue weighted by molar-refractivity contribution is 8.01. The summed E-state index contributed by atoms with van der Waals surface area (Å²) in [6.07, 6.45) is 1.000. The van der Waals surface area contributed by atoms with Crippen LogP contribution in [0.2, 0.25) is 0 Å². The Balaban J connectivity index is 2.25. The van der Waals surface area contributed by atoms with E-state index in [1.165, 1.54) is 4.70 Å². The second kappa shape index (κ2) is 5.81. The van der Waals surface area contributed by atoms with E-state index in [1.807, 2.05) is 17.8 Å². The normalized spacial score (nSPS) is 15.6. The first-order valence-electron chi connectivity index (χ1n) is 6.69. The first kappa shape index (κ1) is 14.8. The van der Waals surface area contributed by atoms with Crippen LogP contribution in [0.5, 0.6) is 0 Å². The van der Waals surface area contributed by atoms with Crippen LogP contribution in [-0.4, -0.2) is 16.3 Å². The molecule has 1 aromatic carbocycles. The summed E-state index contributed by atoms with van der Waals surface area (Å²) in [7, 11) is 0. The number of nitrogens with two attached hydrogens (primary N) is 1. The molecule has 1 heterocycles. The van der Waals surface area contributed by atoms with Crippen LogP contribution in [0, 0.1) is 5.41 Å². The van der Waals surface area contributed by atoms with Crippen LogP contribution in [0.25, 0.3) is 10.2 Å². The molecule has 4 heteroatoms. The molecule has 0 spiro atoms. The summed E-state index contributed by atoms with van der Waals surface area (Å²) in [5.74, 6) is 0. The zero-order chi connectivity index (χ0) is 14.0. The lowest BCUT2D eigenvalue weighted by Gasteiger charge is -2.33. The van der Waals surface area contributed by atoms with Gasteiger partial charge in [-0.3, -0.25) is 0 Å². The van der Waals surface area contributed by atoms with Gasteiger partial charge in [-0.1, -0.05) is 51.6 Å². The maximum atomic E-state index is 6.30. The van der Waals surface area contributed by atoms with E-state index in [1.54, 1.807) is 11.3 Å². The number of thioether (sulfide) groups is 1. The van der Waals surface area contributed by atoms with Crippen molar-refractivity contribution in [1.82, 2.24) is 4.98 Å². The second-order valence-electron chi connectivity index (χ2n) is 5.92. The maximum absolute atomic E-state index is 6.30. The summed E-state index contributed by atoms with van der Waals surface area (Å²) in [5.41, 5.74) is 7.57. The number of hydrogen-bond donors (Lipinski definition) is 1. The molecule has 0 saturated heterocycles. The van der Waals surface area contributed by atoms with Gasteiger partial charge in [-0.05, 0) is 24.0 Å². The third-order valence-electron chi connectivity index (χ3n) is 3.22. The maximum Gasteiger partial charge on any atom is 0.151 e. The number of thiazole rings is 1. The smallest absolute Gasteiger partial charge is 0.151 e. The van der Waals surface area contributed by atoms with Crippen molar-refractivity contribution >= 4 is 33.3 Å². The van der Waals surface area contributed by atoms with Crippen LogP contribution in [0.3, 0.4) is 0 Å². The Morgan fingerprint density at radius 3 is 2.58 bits per heavy atom. The van der Waals surface area contributed by atoms with Crippen molar-refractivity contribution in [2.24, 2.45) is 11.1 Å². The molecule has 0 fully saturated rings. The number of para-hydroxylation sites is 1. The van der Waals surface area contributed by atoms with Crippen molar-refractivity contribution in [1.29, 1.82) is 0 Å². The summed E-state index contributed by atoms with van der Waals surface area (Å²) in [5, 5.41) is 0.387. The standard InChI is InChI=1S/C15H22N2S2/c1-5-10(16)13(15(2,3)4)19-14-17-11-8-6-7-9-12(11)18-14/h6-10,13H,5,16H2,1-4H3. The quantitative estimate of drug-likeness (QED) is 0.841. The number of aromatic nitrogens is 1. The molecule has 104 valence electrons. The average Bonchev–Trinajstić information content (AvgIpc) is 2.76. The SMILES string of the molecule is CCC(N)C(Sc1nc2ccccc2s1)C(C)(C)C. The highest BCUT2D eigenvalue weighted by atomic mass is 32.2. The molecule has 0 radical (unpaired) electrons. The van der Waals surface area contributed by atoms with Crippen LogP contribution in [0.15, 0.2) is 28.6 Å². The molecule has 2 nitrogen and oxygen atoms in total. The van der Waals surface area contributed by atoms with Crippen molar-refractivity contribution in [3.8, 4) is 0 Å². The third kappa shape index (κ3) is 3.50. The molecule has 0 bridgehead atoms. The van der Waals surface area contributed by atoms with E-state index in [9.17, 15) is 0 Å². The van der Waals surface area contributed by atoms with Crippen molar-refractivity contribution in [3.05, 3.63) is 24.3 Å². The second-order valence-corrected chi connectivity index (χ2v) is 8.34. The molecule has 2 unspecified atom stereocenters. The summed E-state index contributed by atoms with van der Waals surface area (Å²) >= 11 is 3.60. The Morgan fingerprint density at radius 2 is 2.00 bits per heavy atom. The van der Waals surface area contributed by atoms with E-state index in [0.29, 0.717) is 5.25 Å². The molecular formula is C15H22N2S2. The Bertz CT molecular complexity index is 509. The Hall–Kier alpha value is -0.580. The van der Waals surface area contributed by atoms with Crippen LogP contribution >= 0.6 is 23.1 Å². The van der Waals surface area contributed by atoms with E-state index in [4.69, 9.17) is 10.7 Å².